The molecule has 2 N–H and O–H groups in total. The van der Waals surface area contributed by atoms with Crippen LogP contribution in [0.2, 0.25) is 0 Å². The van der Waals surface area contributed by atoms with E-state index in [9.17, 15) is 0 Å². The molecule has 15 heavy (non-hydrogen) atoms. The van der Waals surface area contributed by atoms with Crippen LogP contribution in [-0.4, -0.2) is 30.6 Å². The van der Waals surface area contributed by atoms with E-state index in [1.54, 1.807) is 6.92 Å². The Hall–Kier alpha value is -0.570. The number of rotatable bonds is 6. The van der Waals surface area contributed by atoms with Crippen LogP contribution in [0.15, 0.2) is 4.99 Å². The largest absolute Gasteiger partial charge is 0.397 e. The van der Waals surface area contributed by atoms with Crippen LogP contribution in [0.1, 0.15) is 52.4 Å². The molecule has 0 saturated heterocycles. The molecule has 0 unspecified atom stereocenters. The molecular weight excluding hydrogens is 188 g/mol. The van der Waals surface area contributed by atoms with Crippen LogP contribution in [0.25, 0.3) is 0 Å². The molecule has 3 nitrogen and oxygen atoms in total. The first-order chi connectivity index (χ1) is 7.35. The first-order valence-electron chi connectivity index (χ1n) is 6.23. The number of nitrogens with one attached hydrogen (secondary N) is 1. The second kappa shape index (κ2) is 11.5. The molecule has 1 aliphatic heterocycles. The van der Waals surface area contributed by atoms with Gasteiger partial charge in [-0.3, -0.25) is 4.99 Å². The zero-order valence-electron chi connectivity index (χ0n) is 10.3. The third kappa shape index (κ3) is 9.73. The van der Waals surface area contributed by atoms with E-state index in [-0.39, 0.29) is 6.61 Å². The molecule has 0 amide bonds. The first-order valence-corrected chi connectivity index (χ1v) is 6.23. The lowest BCUT2D eigenvalue weighted by molar-refractivity contribution is 0.318. The van der Waals surface area contributed by atoms with Gasteiger partial charge in [-0.15, -0.1) is 0 Å². The van der Waals surface area contributed by atoms with E-state index in [1.165, 1.54) is 44.4 Å². The van der Waals surface area contributed by atoms with E-state index in [0.717, 1.165) is 13.1 Å². The van der Waals surface area contributed by atoms with E-state index in [0.29, 0.717) is 0 Å². The van der Waals surface area contributed by atoms with Gasteiger partial charge in [0, 0.05) is 19.6 Å². The molecule has 0 aliphatic carbocycles. The van der Waals surface area contributed by atoms with Crippen molar-refractivity contribution in [1.29, 1.82) is 0 Å². The number of aliphatic hydroxyl groups excluding tert-OH is 1. The third-order valence-corrected chi connectivity index (χ3v) is 2.26. The van der Waals surface area contributed by atoms with Crippen LogP contribution in [0.4, 0.5) is 0 Å². The van der Waals surface area contributed by atoms with Crippen LogP contribution in [0.5, 0.6) is 0 Å². The molecule has 0 aromatic carbocycles. The summed E-state index contributed by atoms with van der Waals surface area (Å²) < 4.78 is 0. The summed E-state index contributed by atoms with van der Waals surface area (Å²) in [6.07, 6.45) is 7.97. The SMILES string of the molecule is CCCCCCCC1=NCCN1.CCO. The Morgan fingerprint density at radius 2 is 1.87 bits per heavy atom. The predicted octanol–water partition coefficient (Wildman–Crippen LogP) is 2.35. The number of hydrogen-bond donors (Lipinski definition) is 2. The van der Waals surface area contributed by atoms with Crippen molar-refractivity contribution in [1.82, 2.24) is 5.32 Å². The number of nitrogens with zero attached hydrogens (tertiary/aromatic N) is 1. The van der Waals surface area contributed by atoms with Gasteiger partial charge in [-0.25, -0.2) is 0 Å². The van der Waals surface area contributed by atoms with Crippen molar-refractivity contribution in [3.63, 3.8) is 0 Å². The fraction of sp³-hybridized carbons (Fsp3) is 0.917. The monoisotopic (exact) mass is 214 g/mol. The Morgan fingerprint density at radius 3 is 2.40 bits per heavy atom. The second-order valence-electron chi connectivity index (χ2n) is 3.74. The van der Waals surface area contributed by atoms with E-state index in [1.807, 2.05) is 0 Å². The Labute approximate surface area is 94.0 Å². The topological polar surface area (TPSA) is 44.6 Å². The predicted molar refractivity (Wildman–Crippen MR) is 66.4 cm³/mol. The molecule has 0 radical (unpaired) electrons. The van der Waals surface area contributed by atoms with E-state index >= 15 is 0 Å². The molecule has 0 aromatic heterocycles. The smallest absolute Gasteiger partial charge is 0.0964 e. The molecule has 3 heteroatoms. The maximum Gasteiger partial charge on any atom is 0.0964 e. The quantitative estimate of drug-likeness (QED) is 0.667. The first kappa shape index (κ1) is 14.4. The van der Waals surface area contributed by atoms with Crippen molar-refractivity contribution in [2.45, 2.75) is 52.4 Å². The highest BCUT2D eigenvalue weighted by molar-refractivity contribution is 5.83. The molecule has 0 atom stereocenters. The molecule has 0 fully saturated rings. The van der Waals surface area contributed by atoms with Gasteiger partial charge in [-0.1, -0.05) is 32.6 Å². The second-order valence-corrected chi connectivity index (χ2v) is 3.74. The lowest BCUT2D eigenvalue weighted by atomic mass is 10.1. The fourth-order valence-corrected chi connectivity index (χ4v) is 1.51. The molecule has 1 heterocycles. The third-order valence-electron chi connectivity index (χ3n) is 2.26. The van der Waals surface area contributed by atoms with Crippen LogP contribution in [0, 0.1) is 0 Å². The lowest BCUT2D eigenvalue weighted by Gasteiger charge is -2.01. The van der Waals surface area contributed by atoms with Crippen LogP contribution in [0.3, 0.4) is 0 Å². The minimum atomic E-state index is 0.250. The highest BCUT2D eigenvalue weighted by Gasteiger charge is 2.02. The molecule has 1 rings (SSSR count). The van der Waals surface area contributed by atoms with Crippen LogP contribution >= 0.6 is 0 Å². The summed E-state index contributed by atoms with van der Waals surface area (Å²) in [4.78, 5) is 4.36. The van der Waals surface area contributed by atoms with Gasteiger partial charge in [0.2, 0.25) is 0 Å². The van der Waals surface area contributed by atoms with Gasteiger partial charge < -0.3 is 10.4 Å². The van der Waals surface area contributed by atoms with E-state index < -0.39 is 0 Å². The average molecular weight is 214 g/mol. The van der Waals surface area contributed by atoms with Gasteiger partial charge in [0.1, 0.15) is 0 Å². The summed E-state index contributed by atoms with van der Waals surface area (Å²) in [5.41, 5.74) is 0. The van der Waals surface area contributed by atoms with Gasteiger partial charge >= 0.3 is 0 Å². The van der Waals surface area contributed by atoms with Gasteiger partial charge in [-0.2, -0.15) is 0 Å². The normalized spacial score (nSPS) is 13.9. The standard InChI is InChI=1S/C10H20N2.C2H6O/c1-2-3-4-5-6-7-10-11-8-9-12-10;1-2-3/h2-9H2,1H3,(H,11,12);3H,2H2,1H3. The number of hydrogen-bond acceptors (Lipinski definition) is 3. The number of unbranched alkanes of at least 4 members (excludes halogenated alkanes) is 4. The van der Waals surface area contributed by atoms with E-state index in [4.69, 9.17) is 5.11 Å². The Bertz CT molecular complexity index is 158. The minimum Gasteiger partial charge on any atom is -0.397 e. The number of aliphatic imine (C=N–C) groups is 1. The minimum absolute atomic E-state index is 0.250. The van der Waals surface area contributed by atoms with Gasteiger partial charge in [0.25, 0.3) is 0 Å². The van der Waals surface area contributed by atoms with Crippen molar-refractivity contribution >= 4 is 5.84 Å². The fourth-order valence-electron chi connectivity index (χ4n) is 1.51. The number of aliphatic hydroxyl groups is 1. The van der Waals surface area contributed by atoms with Crippen molar-refractivity contribution in [2.75, 3.05) is 19.7 Å². The molecule has 1 aliphatic rings. The molecule has 0 saturated carbocycles. The summed E-state index contributed by atoms with van der Waals surface area (Å²) in [6.45, 7) is 6.23. The summed E-state index contributed by atoms with van der Waals surface area (Å²) in [7, 11) is 0. The summed E-state index contributed by atoms with van der Waals surface area (Å²) in [5, 5.41) is 10.9. The Balaban J connectivity index is 0.000000583. The average Bonchev–Trinajstić information content (AvgIpc) is 2.72. The summed E-state index contributed by atoms with van der Waals surface area (Å²) in [6, 6.07) is 0. The van der Waals surface area contributed by atoms with Gasteiger partial charge in [-0.05, 0) is 13.3 Å². The maximum absolute atomic E-state index is 7.57. The molecule has 0 spiro atoms. The molecule has 0 bridgehead atoms. The summed E-state index contributed by atoms with van der Waals surface area (Å²) >= 11 is 0. The zero-order valence-corrected chi connectivity index (χ0v) is 10.3. The van der Waals surface area contributed by atoms with Crippen LogP contribution in [-0.2, 0) is 0 Å². The zero-order chi connectivity index (χ0) is 11.4. The Kier molecular flexibility index (Phi) is 11.1. The summed E-state index contributed by atoms with van der Waals surface area (Å²) in [5.74, 6) is 1.24. The van der Waals surface area contributed by atoms with Gasteiger partial charge in [0.05, 0.1) is 12.4 Å². The maximum atomic E-state index is 7.57. The van der Waals surface area contributed by atoms with Crippen molar-refractivity contribution in [3.8, 4) is 0 Å². The molecule has 0 aromatic rings. The molecular formula is C12H26N2O. The Morgan fingerprint density at radius 1 is 1.20 bits per heavy atom. The van der Waals surface area contributed by atoms with E-state index in [2.05, 4.69) is 17.2 Å². The van der Waals surface area contributed by atoms with Crippen molar-refractivity contribution in [3.05, 3.63) is 0 Å². The highest BCUT2D eigenvalue weighted by atomic mass is 16.2. The number of amidine groups is 1. The van der Waals surface area contributed by atoms with Gasteiger partial charge in [0.15, 0.2) is 0 Å². The van der Waals surface area contributed by atoms with Crippen LogP contribution < -0.4 is 5.32 Å². The van der Waals surface area contributed by atoms with Crippen molar-refractivity contribution in [2.24, 2.45) is 4.99 Å². The highest BCUT2D eigenvalue weighted by Crippen LogP contribution is 2.06. The van der Waals surface area contributed by atoms with Crippen molar-refractivity contribution < 1.29 is 5.11 Å². The lowest BCUT2D eigenvalue weighted by Crippen LogP contribution is -2.17. The molecule has 90 valence electrons.